The van der Waals surface area contributed by atoms with Crippen LogP contribution in [-0.2, 0) is 6.61 Å². The first kappa shape index (κ1) is 19.9. The Labute approximate surface area is 167 Å². The van der Waals surface area contributed by atoms with Gasteiger partial charge >= 0.3 is 0 Å². The fraction of sp³-hybridized carbons (Fsp3) is 0.263. The van der Waals surface area contributed by atoms with Crippen molar-refractivity contribution in [2.45, 2.75) is 20.5 Å². The molecule has 10 nitrogen and oxygen atoms in total. The number of hydrogen-bond acceptors (Lipinski definition) is 8. The number of aromatic amines is 1. The first-order valence-electron chi connectivity index (χ1n) is 8.90. The number of nitrogens with zero attached hydrogens (tertiary/aromatic N) is 4. The molecule has 3 heterocycles. The summed E-state index contributed by atoms with van der Waals surface area (Å²) in [5.74, 6) is 1.89. The van der Waals surface area contributed by atoms with Gasteiger partial charge in [-0.05, 0) is 24.6 Å². The summed E-state index contributed by atoms with van der Waals surface area (Å²) in [6, 6.07) is 8.96. The molecule has 0 unspecified atom stereocenters. The number of ether oxygens (including phenoxy) is 1. The molecule has 0 radical (unpaired) electrons. The molecule has 0 aliphatic heterocycles. The van der Waals surface area contributed by atoms with Gasteiger partial charge in [0.15, 0.2) is 17.3 Å². The van der Waals surface area contributed by atoms with E-state index in [-0.39, 0.29) is 13.2 Å². The molecule has 3 aromatic rings. The zero-order chi connectivity index (χ0) is 20.8. The second-order valence-corrected chi connectivity index (χ2v) is 6.33. The number of aliphatic hydroxyl groups excluding tert-OH is 1. The van der Waals surface area contributed by atoms with Gasteiger partial charge in [-0.3, -0.25) is 5.10 Å². The predicted molar refractivity (Wildman–Crippen MR) is 106 cm³/mol. The van der Waals surface area contributed by atoms with Gasteiger partial charge in [-0.2, -0.15) is 15.1 Å². The number of aliphatic hydroxyl groups is 1. The average molecular weight is 395 g/mol. The molecule has 3 aromatic heterocycles. The first-order valence-corrected chi connectivity index (χ1v) is 8.90. The van der Waals surface area contributed by atoms with Gasteiger partial charge in [0.1, 0.15) is 24.3 Å². The minimum Gasteiger partial charge on any atom is -0.618 e. The third kappa shape index (κ3) is 4.91. The molecule has 3 rings (SSSR count). The molecule has 0 atom stereocenters. The summed E-state index contributed by atoms with van der Waals surface area (Å²) in [4.78, 5) is 4.43. The summed E-state index contributed by atoms with van der Waals surface area (Å²) in [6.07, 6.45) is 1.37. The maximum Gasteiger partial charge on any atom is 0.222 e. The average Bonchev–Trinajstić information content (AvgIpc) is 3.15. The van der Waals surface area contributed by atoms with Crippen molar-refractivity contribution in [3.8, 4) is 11.8 Å². The molecule has 0 saturated carbocycles. The van der Waals surface area contributed by atoms with Crippen LogP contribution < -0.4 is 20.1 Å². The monoisotopic (exact) mass is 395 g/mol. The van der Waals surface area contributed by atoms with E-state index >= 15 is 0 Å². The molecule has 0 aromatic carbocycles. The molecule has 10 heteroatoms. The highest BCUT2D eigenvalue weighted by Gasteiger charge is 2.11. The van der Waals surface area contributed by atoms with Crippen LogP contribution in [0.5, 0.6) is 5.75 Å². The first-order chi connectivity index (χ1) is 14.0. The number of rotatable bonds is 8. The molecule has 29 heavy (non-hydrogen) atoms. The van der Waals surface area contributed by atoms with Gasteiger partial charge < -0.3 is 25.7 Å². The molecule has 0 amide bonds. The zero-order valence-corrected chi connectivity index (χ0v) is 16.1. The highest BCUT2D eigenvalue weighted by molar-refractivity contribution is 5.63. The number of aromatic nitrogens is 4. The number of aryl methyl sites for hydroxylation is 2. The number of nitrogens with one attached hydrogen (secondary N) is 3. The second-order valence-electron chi connectivity index (χ2n) is 6.33. The Hall–Kier alpha value is -3.84. The Bertz CT molecular complexity index is 1040. The van der Waals surface area contributed by atoms with E-state index in [2.05, 4.69) is 31.9 Å². The molecule has 0 aliphatic rings. The van der Waals surface area contributed by atoms with Crippen LogP contribution in [0.2, 0.25) is 0 Å². The van der Waals surface area contributed by atoms with Gasteiger partial charge in [0, 0.05) is 19.1 Å². The van der Waals surface area contributed by atoms with E-state index in [1.54, 1.807) is 31.2 Å². The van der Waals surface area contributed by atoms with Gasteiger partial charge in [0.25, 0.3) is 0 Å². The summed E-state index contributed by atoms with van der Waals surface area (Å²) in [7, 11) is 0. The van der Waals surface area contributed by atoms with E-state index in [9.17, 15) is 10.5 Å². The van der Waals surface area contributed by atoms with Crippen molar-refractivity contribution in [3.63, 3.8) is 0 Å². The Balaban J connectivity index is 1.66. The van der Waals surface area contributed by atoms with Gasteiger partial charge in [-0.1, -0.05) is 0 Å². The van der Waals surface area contributed by atoms with Crippen LogP contribution in [0, 0.1) is 30.4 Å². The maximum absolute atomic E-state index is 11.6. The van der Waals surface area contributed by atoms with E-state index in [4.69, 9.17) is 9.84 Å². The van der Waals surface area contributed by atoms with Crippen molar-refractivity contribution in [3.05, 3.63) is 58.2 Å². The summed E-state index contributed by atoms with van der Waals surface area (Å²) in [6.45, 7) is 4.05. The van der Waals surface area contributed by atoms with Gasteiger partial charge in [-0.15, -0.1) is 0 Å². The number of anilines is 3. The van der Waals surface area contributed by atoms with Crippen LogP contribution in [-0.4, -0.2) is 33.4 Å². The lowest BCUT2D eigenvalue weighted by Gasteiger charge is -2.12. The number of hydrogen-bond donors (Lipinski definition) is 4. The highest BCUT2D eigenvalue weighted by atomic mass is 16.5. The smallest absolute Gasteiger partial charge is 0.222 e. The van der Waals surface area contributed by atoms with Crippen molar-refractivity contribution in [1.82, 2.24) is 15.2 Å². The van der Waals surface area contributed by atoms with Crippen LogP contribution in [0.3, 0.4) is 0 Å². The number of nitriles is 1. The minimum absolute atomic E-state index is 0.144. The predicted octanol–water partition coefficient (Wildman–Crippen LogP) is 1.65. The molecule has 4 N–H and O–H groups in total. The minimum atomic E-state index is -0.144. The topological polar surface area (TPSA) is 146 Å². The van der Waals surface area contributed by atoms with E-state index in [1.165, 1.54) is 6.20 Å². The summed E-state index contributed by atoms with van der Waals surface area (Å²) < 4.78 is 6.30. The fourth-order valence-electron chi connectivity index (χ4n) is 2.60. The molecular formula is C19H21N7O3. The number of pyridine rings is 2. The van der Waals surface area contributed by atoms with Crippen LogP contribution in [0.15, 0.2) is 30.5 Å². The van der Waals surface area contributed by atoms with Crippen molar-refractivity contribution in [2.24, 2.45) is 0 Å². The van der Waals surface area contributed by atoms with Gasteiger partial charge in [-0.25, -0.2) is 4.98 Å². The quantitative estimate of drug-likeness (QED) is 0.256. The van der Waals surface area contributed by atoms with Crippen molar-refractivity contribution < 1.29 is 14.6 Å². The third-order valence-electron chi connectivity index (χ3n) is 4.13. The lowest BCUT2D eigenvalue weighted by Crippen LogP contribution is -2.29. The summed E-state index contributed by atoms with van der Waals surface area (Å²) >= 11 is 0. The molecule has 0 bridgehead atoms. The zero-order valence-electron chi connectivity index (χ0n) is 16.1. The van der Waals surface area contributed by atoms with Crippen molar-refractivity contribution in [2.75, 3.05) is 23.8 Å². The lowest BCUT2D eigenvalue weighted by molar-refractivity contribution is -0.612. The Morgan fingerprint density at radius 2 is 2.14 bits per heavy atom. The Morgan fingerprint density at radius 3 is 2.83 bits per heavy atom. The van der Waals surface area contributed by atoms with Crippen LogP contribution >= 0.6 is 0 Å². The maximum atomic E-state index is 11.6. The molecule has 150 valence electrons. The number of H-pyrrole nitrogens is 1. The van der Waals surface area contributed by atoms with Crippen LogP contribution in [0.25, 0.3) is 0 Å². The normalized spacial score (nSPS) is 10.4. The fourth-order valence-corrected chi connectivity index (χ4v) is 2.60. The molecule has 0 spiro atoms. The van der Waals surface area contributed by atoms with E-state index in [0.29, 0.717) is 46.7 Å². The molecule has 0 aliphatic carbocycles. The Morgan fingerprint density at radius 1 is 1.31 bits per heavy atom. The molecular weight excluding hydrogens is 374 g/mol. The summed E-state index contributed by atoms with van der Waals surface area (Å²) in [5, 5.41) is 43.0. The molecule has 0 fully saturated rings. The standard InChI is InChI=1S/C19H21N7O3/c1-12-7-17(22-18-8-14(11-27)24-25-18)23-19(16(12)9-20)21-5-6-29-15-4-3-13(2)26(28)10-15/h3-4,7-8,10,27H,5-6,11H2,1-2H3,(H3,21,22,23,24,25). The van der Waals surface area contributed by atoms with E-state index < -0.39 is 0 Å². The second kappa shape index (κ2) is 8.90. The highest BCUT2D eigenvalue weighted by Crippen LogP contribution is 2.22. The largest absolute Gasteiger partial charge is 0.618 e. The van der Waals surface area contributed by atoms with Crippen molar-refractivity contribution >= 4 is 17.5 Å². The molecule has 0 saturated heterocycles. The lowest BCUT2D eigenvalue weighted by atomic mass is 10.1. The Kier molecular flexibility index (Phi) is 6.11. The third-order valence-corrected chi connectivity index (χ3v) is 4.13. The summed E-state index contributed by atoms with van der Waals surface area (Å²) in [5.41, 5.74) is 2.34. The van der Waals surface area contributed by atoms with Crippen LogP contribution in [0.4, 0.5) is 17.5 Å². The van der Waals surface area contributed by atoms with Crippen LogP contribution in [0.1, 0.15) is 22.5 Å². The van der Waals surface area contributed by atoms with E-state index in [1.807, 2.05) is 6.92 Å². The SMILES string of the molecule is Cc1cc(Nc2cc(CO)[nH]n2)nc(NCCOc2ccc(C)[n+]([O-])c2)c1C#N. The van der Waals surface area contributed by atoms with E-state index in [0.717, 1.165) is 10.3 Å². The van der Waals surface area contributed by atoms with Crippen molar-refractivity contribution in [1.29, 1.82) is 5.26 Å². The van der Waals surface area contributed by atoms with Gasteiger partial charge in [0.2, 0.25) is 6.20 Å². The van der Waals surface area contributed by atoms with Gasteiger partial charge in [0.05, 0.1) is 24.4 Å².